The third-order valence-corrected chi connectivity index (χ3v) is 4.00. The molecule has 2 aromatic carbocycles. The molecule has 0 atom stereocenters. The zero-order valence-corrected chi connectivity index (χ0v) is 14.3. The topological polar surface area (TPSA) is 73.8 Å². The third-order valence-electron chi connectivity index (χ3n) is 3.77. The number of benzene rings is 2. The SMILES string of the molecule is O=c1ccc(-c2nc(-c3cccc(Cl)c3)no2)nn1Cc1ccccc1. The van der Waals surface area contributed by atoms with Crippen LogP contribution in [0.4, 0.5) is 0 Å². The molecule has 0 aliphatic heterocycles. The Balaban J connectivity index is 1.66. The van der Waals surface area contributed by atoms with Crippen molar-refractivity contribution in [3.05, 3.63) is 87.7 Å². The van der Waals surface area contributed by atoms with E-state index in [2.05, 4.69) is 15.2 Å². The fraction of sp³-hybridized carbons (Fsp3) is 0.0526. The predicted molar refractivity (Wildman–Crippen MR) is 97.8 cm³/mol. The summed E-state index contributed by atoms with van der Waals surface area (Å²) in [6.07, 6.45) is 0. The van der Waals surface area contributed by atoms with Crippen molar-refractivity contribution >= 4 is 11.6 Å². The largest absolute Gasteiger partial charge is 0.332 e. The van der Waals surface area contributed by atoms with Crippen molar-refractivity contribution in [3.63, 3.8) is 0 Å². The summed E-state index contributed by atoms with van der Waals surface area (Å²) in [5, 5.41) is 8.90. The highest BCUT2D eigenvalue weighted by molar-refractivity contribution is 6.30. The number of nitrogens with zero attached hydrogens (tertiary/aromatic N) is 4. The molecule has 0 N–H and O–H groups in total. The highest BCUT2D eigenvalue weighted by Gasteiger charge is 2.13. The van der Waals surface area contributed by atoms with Crippen LogP contribution in [0.25, 0.3) is 23.0 Å². The zero-order chi connectivity index (χ0) is 17.9. The minimum Gasteiger partial charge on any atom is -0.332 e. The molecule has 0 unspecified atom stereocenters. The average Bonchev–Trinajstić information content (AvgIpc) is 3.15. The molecule has 6 nitrogen and oxygen atoms in total. The van der Waals surface area contributed by atoms with Gasteiger partial charge in [-0.15, -0.1) is 0 Å². The maximum absolute atomic E-state index is 12.1. The summed E-state index contributed by atoms with van der Waals surface area (Å²) < 4.78 is 6.68. The van der Waals surface area contributed by atoms with Crippen molar-refractivity contribution in [1.29, 1.82) is 0 Å². The van der Waals surface area contributed by atoms with Crippen LogP contribution in [0.15, 0.2) is 76.0 Å². The maximum atomic E-state index is 12.1. The van der Waals surface area contributed by atoms with Gasteiger partial charge in [0, 0.05) is 16.7 Å². The van der Waals surface area contributed by atoms with E-state index in [9.17, 15) is 4.79 Å². The minimum atomic E-state index is -0.202. The molecule has 0 aliphatic carbocycles. The number of aromatic nitrogens is 4. The van der Waals surface area contributed by atoms with E-state index in [1.807, 2.05) is 42.5 Å². The Hall–Kier alpha value is -3.25. The van der Waals surface area contributed by atoms with Gasteiger partial charge in [0.05, 0.1) is 6.54 Å². The lowest BCUT2D eigenvalue weighted by Crippen LogP contribution is -2.22. The molecule has 4 rings (SSSR count). The second-order valence-electron chi connectivity index (χ2n) is 5.63. The smallest absolute Gasteiger partial charge is 0.278 e. The molecular weight excluding hydrogens is 352 g/mol. The lowest BCUT2D eigenvalue weighted by atomic mass is 10.2. The van der Waals surface area contributed by atoms with Gasteiger partial charge in [-0.1, -0.05) is 59.2 Å². The summed E-state index contributed by atoms with van der Waals surface area (Å²) in [5.41, 5.74) is 1.95. The first-order valence-electron chi connectivity index (χ1n) is 7.91. The van der Waals surface area contributed by atoms with Crippen molar-refractivity contribution in [2.75, 3.05) is 0 Å². The van der Waals surface area contributed by atoms with E-state index in [1.165, 1.54) is 10.7 Å². The Labute approximate surface area is 153 Å². The summed E-state index contributed by atoms with van der Waals surface area (Å²) in [7, 11) is 0. The van der Waals surface area contributed by atoms with Gasteiger partial charge in [-0.05, 0) is 23.8 Å². The van der Waals surface area contributed by atoms with E-state index in [4.69, 9.17) is 16.1 Å². The van der Waals surface area contributed by atoms with Gasteiger partial charge in [0.1, 0.15) is 5.69 Å². The van der Waals surface area contributed by atoms with Gasteiger partial charge in [-0.3, -0.25) is 4.79 Å². The lowest BCUT2D eigenvalue weighted by molar-refractivity contribution is 0.429. The van der Waals surface area contributed by atoms with Crippen LogP contribution in [0.1, 0.15) is 5.56 Å². The first-order chi connectivity index (χ1) is 12.7. The molecule has 0 saturated carbocycles. The number of rotatable bonds is 4. The molecule has 26 heavy (non-hydrogen) atoms. The molecule has 7 heteroatoms. The zero-order valence-electron chi connectivity index (χ0n) is 13.5. The van der Waals surface area contributed by atoms with Crippen LogP contribution in [0.3, 0.4) is 0 Å². The van der Waals surface area contributed by atoms with Crippen molar-refractivity contribution in [3.8, 4) is 23.0 Å². The highest BCUT2D eigenvalue weighted by Crippen LogP contribution is 2.22. The van der Waals surface area contributed by atoms with Crippen molar-refractivity contribution < 1.29 is 4.52 Å². The van der Waals surface area contributed by atoms with Crippen LogP contribution < -0.4 is 5.56 Å². The summed E-state index contributed by atoms with van der Waals surface area (Å²) in [5.74, 6) is 0.645. The Bertz CT molecular complexity index is 1110. The van der Waals surface area contributed by atoms with E-state index >= 15 is 0 Å². The summed E-state index contributed by atoms with van der Waals surface area (Å²) in [6, 6.07) is 19.8. The highest BCUT2D eigenvalue weighted by atomic mass is 35.5. The molecule has 0 saturated heterocycles. The van der Waals surface area contributed by atoms with Crippen molar-refractivity contribution in [2.24, 2.45) is 0 Å². The van der Waals surface area contributed by atoms with Gasteiger partial charge in [-0.2, -0.15) is 10.1 Å². The van der Waals surface area contributed by atoms with Crippen molar-refractivity contribution in [1.82, 2.24) is 19.9 Å². The second-order valence-corrected chi connectivity index (χ2v) is 6.07. The van der Waals surface area contributed by atoms with Crippen LogP contribution in [-0.2, 0) is 6.54 Å². The summed E-state index contributed by atoms with van der Waals surface area (Å²) in [4.78, 5) is 16.4. The van der Waals surface area contributed by atoms with Crippen LogP contribution in [0.2, 0.25) is 5.02 Å². The number of hydrogen-bond acceptors (Lipinski definition) is 5. The van der Waals surface area contributed by atoms with E-state index in [1.54, 1.807) is 18.2 Å². The van der Waals surface area contributed by atoms with Crippen LogP contribution >= 0.6 is 11.6 Å². The van der Waals surface area contributed by atoms with Gasteiger partial charge < -0.3 is 4.52 Å². The van der Waals surface area contributed by atoms with Crippen LogP contribution in [-0.4, -0.2) is 19.9 Å². The van der Waals surface area contributed by atoms with E-state index in [-0.39, 0.29) is 11.4 Å². The standard InChI is InChI=1S/C19H13ClN4O2/c20-15-8-4-7-14(11-15)18-21-19(26-23-18)16-9-10-17(25)24(22-16)12-13-5-2-1-3-6-13/h1-11H,12H2. The van der Waals surface area contributed by atoms with E-state index in [0.29, 0.717) is 23.1 Å². The number of hydrogen-bond donors (Lipinski definition) is 0. The van der Waals surface area contributed by atoms with E-state index < -0.39 is 0 Å². The first-order valence-corrected chi connectivity index (χ1v) is 8.29. The molecule has 4 aromatic rings. The second kappa shape index (κ2) is 6.93. The molecule has 0 spiro atoms. The third kappa shape index (κ3) is 3.41. The Kier molecular flexibility index (Phi) is 4.33. The molecule has 128 valence electrons. The van der Waals surface area contributed by atoms with Gasteiger partial charge in [0.15, 0.2) is 0 Å². The van der Waals surface area contributed by atoms with Gasteiger partial charge in [0.2, 0.25) is 5.82 Å². The molecule has 0 radical (unpaired) electrons. The van der Waals surface area contributed by atoms with Gasteiger partial charge in [-0.25, -0.2) is 4.68 Å². The lowest BCUT2D eigenvalue weighted by Gasteiger charge is -2.05. The normalized spacial score (nSPS) is 10.8. The summed E-state index contributed by atoms with van der Waals surface area (Å²) in [6.45, 7) is 0.364. The Morgan fingerprint density at radius 3 is 2.65 bits per heavy atom. The average molecular weight is 365 g/mol. The number of halogens is 1. The van der Waals surface area contributed by atoms with Crippen LogP contribution in [0.5, 0.6) is 0 Å². The quantitative estimate of drug-likeness (QED) is 0.552. The van der Waals surface area contributed by atoms with Gasteiger partial charge in [0.25, 0.3) is 11.4 Å². The van der Waals surface area contributed by atoms with Gasteiger partial charge >= 0.3 is 0 Å². The Morgan fingerprint density at radius 2 is 1.85 bits per heavy atom. The molecular formula is C19H13ClN4O2. The molecule has 0 bridgehead atoms. The van der Waals surface area contributed by atoms with Crippen LogP contribution in [0, 0.1) is 0 Å². The molecule has 0 amide bonds. The summed E-state index contributed by atoms with van der Waals surface area (Å²) >= 11 is 6.00. The molecule has 2 aromatic heterocycles. The molecule has 2 heterocycles. The first kappa shape index (κ1) is 16.2. The fourth-order valence-electron chi connectivity index (χ4n) is 2.50. The molecule has 0 aliphatic rings. The monoisotopic (exact) mass is 364 g/mol. The predicted octanol–water partition coefficient (Wildman–Crippen LogP) is 3.66. The minimum absolute atomic E-state index is 0.202. The van der Waals surface area contributed by atoms with Crippen molar-refractivity contribution in [2.45, 2.75) is 6.54 Å². The van der Waals surface area contributed by atoms with E-state index in [0.717, 1.165) is 11.1 Å². The fourth-order valence-corrected chi connectivity index (χ4v) is 2.70. The maximum Gasteiger partial charge on any atom is 0.278 e. The molecule has 0 fully saturated rings. The Morgan fingerprint density at radius 1 is 1.00 bits per heavy atom.